The maximum Gasteiger partial charge on any atom is 0.253 e. The van der Waals surface area contributed by atoms with Gasteiger partial charge in [0.1, 0.15) is 6.33 Å². The van der Waals surface area contributed by atoms with E-state index in [4.69, 9.17) is 0 Å². The number of aromatic nitrogens is 4. The number of nitrogens with zero attached hydrogens (tertiary/aromatic N) is 4. The van der Waals surface area contributed by atoms with Crippen molar-refractivity contribution in [2.45, 2.75) is 13.0 Å². The van der Waals surface area contributed by atoms with Gasteiger partial charge in [-0.2, -0.15) is 4.68 Å². The lowest BCUT2D eigenvalue weighted by atomic mass is 10.1. The fourth-order valence-electron chi connectivity index (χ4n) is 2.25. The zero-order valence-electron chi connectivity index (χ0n) is 12.3. The Bertz CT molecular complexity index is 802. The van der Waals surface area contributed by atoms with Crippen LogP contribution in [-0.2, 0) is 0 Å². The number of carbonyl (C=O) groups is 1. The molecule has 1 heterocycles. The topological polar surface area (TPSA) is 72.7 Å². The molecule has 23 heavy (non-hydrogen) atoms. The maximum absolute atomic E-state index is 12.6. The van der Waals surface area contributed by atoms with Crippen LogP contribution in [0.2, 0.25) is 0 Å². The predicted molar refractivity (Wildman–Crippen MR) is 89.2 cm³/mol. The minimum absolute atomic E-state index is 0.113. The Morgan fingerprint density at radius 3 is 2.61 bits per heavy atom. The molecule has 6 nitrogen and oxygen atoms in total. The largest absolute Gasteiger partial charge is 0.345 e. The first-order valence-corrected chi connectivity index (χ1v) is 7.83. The van der Waals surface area contributed by atoms with E-state index in [1.165, 1.54) is 11.0 Å². The molecule has 0 spiro atoms. The molecule has 7 heteroatoms. The van der Waals surface area contributed by atoms with E-state index in [-0.39, 0.29) is 11.9 Å². The van der Waals surface area contributed by atoms with Crippen LogP contribution in [0, 0.1) is 0 Å². The SMILES string of the molecule is CC(NC(=O)c1ccccc1-n1cnnn1)c1ccc(Br)cc1. The number of hydrogen-bond donors (Lipinski definition) is 1. The lowest BCUT2D eigenvalue weighted by Crippen LogP contribution is -2.27. The summed E-state index contributed by atoms with van der Waals surface area (Å²) >= 11 is 3.40. The van der Waals surface area contributed by atoms with Crippen molar-refractivity contribution in [3.05, 3.63) is 70.5 Å². The molecule has 3 aromatic rings. The first kappa shape index (κ1) is 15.4. The van der Waals surface area contributed by atoms with Crippen molar-refractivity contribution in [3.8, 4) is 5.69 Å². The van der Waals surface area contributed by atoms with Gasteiger partial charge in [-0.25, -0.2) is 0 Å². The number of halogens is 1. The summed E-state index contributed by atoms with van der Waals surface area (Å²) in [6.07, 6.45) is 1.46. The van der Waals surface area contributed by atoms with Crippen molar-refractivity contribution < 1.29 is 4.79 Å². The highest BCUT2D eigenvalue weighted by Crippen LogP contribution is 2.18. The number of tetrazole rings is 1. The normalized spacial score (nSPS) is 11.9. The highest BCUT2D eigenvalue weighted by atomic mass is 79.9. The Kier molecular flexibility index (Phi) is 4.47. The summed E-state index contributed by atoms with van der Waals surface area (Å²) in [5.41, 5.74) is 2.18. The molecule has 1 N–H and O–H groups in total. The Morgan fingerprint density at radius 1 is 1.17 bits per heavy atom. The molecular weight excluding hydrogens is 358 g/mol. The quantitative estimate of drug-likeness (QED) is 0.765. The van der Waals surface area contributed by atoms with E-state index in [0.717, 1.165) is 10.0 Å². The number of rotatable bonds is 4. The number of para-hydroxylation sites is 1. The zero-order chi connectivity index (χ0) is 16.2. The fraction of sp³-hybridized carbons (Fsp3) is 0.125. The van der Waals surface area contributed by atoms with Gasteiger partial charge in [-0.15, -0.1) is 5.10 Å². The van der Waals surface area contributed by atoms with Gasteiger partial charge in [0.25, 0.3) is 5.91 Å². The number of amides is 1. The monoisotopic (exact) mass is 371 g/mol. The molecule has 1 atom stereocenters. The van der Waals surface area contributed by atoms with Crippen LogP contribution in [0.5, 0.6) is 0 Å². The molecule has 2 aromatic carbocycles. The molecule has 1 unspecified atom stereocenters. The van der Waals surface area contributed by atoms with Gasteiger partial charge in [0.05, 0.1) is 17.3 Å². The van der Waals surface area contributed by atoms with Gasteiger partial charge >= 0.3 is 0 Å². The molecule has 3 rings (SSSR count). The molecule has 0 fully saturated rings. The van der Waals surface area contributed by atoms with Gasteiger partial charge in [0.15, 0.2) is 0 Å². The molecule has 0 aliphatic heterocycles. The number of nitrogens with one attached hydrogen (secondary N) is 1. The van der Waals surface area contributed by atoms with E-state index in [0.29, 0.717) is 11.3 Å². The second-order valence-corrected chi connectivity index (χ2v) is 5.93. The average Bonchev–Trinajstić information content (AvgIpc) is 3.09. The minimum atomic E-state index is -0.175. The third kappa shape index (κ3) is 3.45. The van der Waals surface area contributed by atoms with Crippen LogP contribution in [0.15, 0.2) is 59.3 Å². The van der Waals surface area contributed by atoms with Crippen molar-refractivity contribution in [1.29, 1.82) is 0 Å². The van der Waals surface area contributed by atoms with Crippen molar-refractivity contribution >= 4 is 21.8 Å². The van der Waals surface area contributed by atoms with Crippen molar-refractivity contribution in [2.75, 3.05) is 0 Å². The van der Waals surface area contributed by atoms with Gasteiger partial charge < -0.3 is 5.32 Å². The standard InChI is InChI=1S/C16H14BrN5O/c1-11(12-6-8-13(17)9-7-12)19-16(23)14-4-2-3-5-15(14)22-10-18-20-21-22/h2-11H,1H3,(H,19,23). The molecule has 1 amide bonds. The summed E-state index contributed by atoms with van der Waals surface area (Å²) in [7, 11) is 0. The first-order chi connectivity index (χ1) is 11.1. The number of benzene rings is 2. The lowest BCUT2D eigenvalue weighted by molar-refractivity contribution is 0.0939. The highest BCUT2D eigenvalue weighted by Gasteiger charge is 2.16. The Hall–Kier alpha value is -2.54. The summed E-state index contributed by atoms with van der Waals surface area (Å²) in [4.78, 5) is 12.6. The molecule has 116 valence electrons. The average molecular weight is 372 g/mol. The van der Waals surface area contributed by atoms with Crippen LogP contribution in [-0.4, -0.2) is 26.1 Å². The number of hydrogen-bond acceptors (Lipinski definition) is 4. The molecule has 0 aliphatic carbocycles. The summed E-state index contributed by atoms with van der Waals surface area (Å²) in [5, 5.41) is 14.1. The highest BCUT2D eigenvalue weighted by molar-refractivity contribution is 9.10. The van der Waals surface area contributed by atoms with Gasteiger partial charge in [-0.1, -0.05) is 40.2 Å². The van der Waals surface area contributed by atoms with Crippen molar-refractivity contribution in [3.63, 3.8) is 0 Å². The Morgan fingerprint density at radius 2 is 1.91 bits per heavy atom. The van der Waals surface area contributed by atoms with E-state index >= 15 is 0 Å². The van der Waals surface area contributed by atoms with E-state index in [1.54, 1.807) is 12.1 Å². The lowest BCUT2D eigenvalue weighted by Gasteiger charge is -2.16. The van der Waals surface area contributed by atoms with Gasteiger partial charge in [-0.3, -0.25) is 4.79 Å². The Balaban J connectivity index is 1.83. The fourth-order valence-corrected chi connectivity index (χ4v) is 2.51. The van der Waals surface area contributed by atoms with E-state index in [9.17, 15) is 4.79 Å². The molecule has 0 saturated heterocycles. The summed E-state index contributed by atoms with van der Waals surface area (Å²) in [6, 6.07) is 14.9. The van der Waals surface area contributed by atoms with E-state index in [1.807, 2.05) is 43.3 Å². The van der Waals surface area contributed by atoms with Crippen LogP contribution in [0.1, 0.15) is 28.9 Å². The van der Waals surface area contributed by atoms with Crippen LogP contribution in [0.3, 0.4) is 0 Å². The third-order valence-corrected chi connectivity index (χ3v) is 3.99. The molecule has 1 aromatic heterocycles. The van der Waals surface area contributed by atoms with Gasteiger partial charge in [-0.05, 0) is 47.2 Å². The predicted octanol–water partition coefficient (Wildman–Crippen LogP) is 2.92. The molecule has 0 bridgehead atoms. The summed E-state index contributed by atoms with van der Waals surface area (Å²) < 4.78 is 2.47. The second-order valence-electron chi connectivity index (χ2n) is 5.02. The smallest absolute Gasteiger partial charge is 0.253 e. The van der Waals surface area contributed by atoms with E-state index in [2.05, 4.69) is 36.8 Å². The third-order valence-electron chi connectivity index (χ3n) is 3.46. The molecule has 0 radical (unpaired) electrons. The van der Waals surface area contributed by atoms with Gasteiger partial charge in [0.2, 0.25) is 0 Å². The van der Waals surface area contributed by atoms with Crippen molar-refractivity contribution in [2.24, 2.45) is 0 Å². The second kappa shape index (κ2) is 6.70. The first-order valence-electron chi connectivity index (χ1n) is 7.04. The number of carbonyl (C=O) groups excluding carboxylic acids is 1. The van der Waals surface area contributed by atoms with Crippen molar-refractivity contribution in [1.82, 2.24) is 25.5 Å². The van der Waals surface area contributed by atoms with Gasteiger partial charge in [0, 0.05) is 4.47 Å². The molecule has 0 saturated carbocycles. The molecule has 0 aliphatic rings. The zero-order valence-corrected chi connectivity index (χ0v) is 13.9. The van der Waals surface area contributed by atoms with E-state index < -0.39 is 0 Å². The van der Waals surface area contributed by atoms with Crippen LogP contribution in [0.4, 0.5) is 0 Å². The Labute approximate surface area is 141 Å². The summed E-state index contributed by atoms with van der Waals surface area (Å²) in [6.45, 7) is 1.95. The maximum atomic E-state index is 12.6. The van der Waals surface area contributed by atoms with Crippen LogP contribution < -0.4 is 5.32 Å². The minimum Gasteiger partial charge on any atom is -0.345 e. The summed E-state index contributed by atoms with van der Waals surface area (Å²) in [5.74, 6) is -0.175. The van der Waals surface area contributed by atoms with Crippen LogP contribution in [0.25, 0.3) is 5.69 Å². The van der Waals surface area contributed by atoms with Crippen LogP contribution >= 0.6 is 15.9 Å². The molecular formula is C16H14BrN5O.